The Kier molecular flexibility index (Phi) is 3.76. The summed E-state index contributed by atoms with van der Waals surface area (Å²) >= 11 is 1.65. The van der Waals surface area contributed by atoms with Crippen molar-refractivity contribution in [2.45, 2.75) is 20.0 Å². The van der Waals surface area contributed by atoms with E-state index in [9.17, 15) is 0 Å². The molecular weight excluding hydrogens is 230 g/mol. The second-order valence-electron chi connectivity index (χ2n) is 4.16. The number of benzene rings is 1. The molecule has 0 amide bonds. The number of nitrogens with zero attached hydrogens (tertiary/aromatic N) is 2. The Balaban J connectivity index is 2.08. The molecule has 90 valence electrons. The second-order valence-corrected chi connectivity index (χ2v) is 5.25. The predicted octanol–water partition coefficient (Wildman–Crippen LogP) is 2.55. The van der Waals surface area contributed by atoms with Crippen LogP contribution in [-0.2, 0) is 13.1 Å². The zero-order chi connectivity index (χ0) is 12.3. The summed E-state index contributed by atoms with van der Waals surface area (Å²) in [6.45, 7) is 3.55. The molecule has 2 aromatic rings. The SMILES string of the molecule is Cc1cccc(CN(C)c2ncc(CN)s2)c1. The zero-order valence-corrected chi connectivity index (χ0v) is 11.0. The summed E-state index contributed by atoms with van der Waals surface area (Å²) in [6, 6.07) is 8.54. The Morgan fingerprint density at radius 1 is 1.41 bits per heavy atom. The molecule has 0 spiro atoms. The number of nitrogens with two attached hydrogens (primary N) is 1. The Morgan fingerprint density at radius 3 is 2.88 bits per heavy atom. The largest absolute Gasteiger partial charge is 0.347 e. The molecule has 17 heavy (non-hydrogen) atoms. The number of anilines is 1. The first-order chi connectivity index (χ1) is 8.19. The van der Waals surface area contributed by atoms with Crippen LogP contribution in [-0.4, -0.2) is 12.0 Å². The van der Waals surface area contributed by atoms with Crippen molar-refractivity contribution in [3.05, 3.63) is 46.5 Å². The number of hydrogen-bond donors (Lipinski definition) is 1. The van der Waals surface area contributed by atoms with Gasteiger partial charge in [0.15, 0.2) is 5.13 Å². The van der Waals surface area contributed by atoms with Gasteiger partial charge in [0.05, 0.1) is 0 Å². The molecule has 0 aliphatic carbocycles. The maximum Gasteiger partial charge on any atom is 0.185 e. The van der Waals surface area contributed by atoms with Crippen LogP contribution >= 0.6 is 11.3 Å². The minimum Gasteiger partial charge on any atom is -0.347 e. The van der Waals surface area contributed by atoms with Crippen molar-refractivity contribution in [3.63, 3.8) is 0 Å². The lowest BCUT2D eigenvalue weighted by Crippen LogP contribution is -2.15. The summed E-state index contributed by atoms with van der Waals surface area (Å²) in [4.78, 5) is 7.64. The molecule has 0 saturated heterocycles. The van der Waals surface area contributed by atoms with Gasteiger partial charge in [-0.15, -0.1) is 11.3 Å². The van der Waals surface area contributed by atoms with Crippen LogP contribution < -0.4 is 10.6 Å². The van der Waals surface area contributed by atoms with E-state index in [1.54, 1.807) is 11.3 Å². The molecule has 0 bridgehead atoms. The highest BCUT2D eigenvalue weighted by molar-refractivity contribution is 7.15. The maximum atomic E-state index is 5.59. The maximum absolute atomic E-state index is 5.59. The Morgan fingerprint density at radius 2 is 2.24 bits per heavy atom. The summed E-state index contributed by atoms with van der Waals surface area (Å²) in [6.07, 6.45) is 1.85. The van der Waals surface area contributed by atoms with Crippen molar-refractivity contribution in [2.24, 2.45) is 5.73 Å². The van der Waals surface area contributed by atoms with E-state index in [1.165, 1.54) is 11.1 Å². The summed E-state index contributed by atoms with van der Waals surface area (Å²) in [5.41, 5.74) is 8.18. The van der Waals surface area contributed by atoms with Crippen LogP contribution in [0.25, 0.3) is 0 Å². The average Bonchev–Trinajstić information content (AvgIpc) is 2.77. The van der Waals surface area contributed by atoms with Crippen LogP contribution in [0.5, 0.6) is 0 Å². The molecule has 0 aliphatic heterocycles. The van der Waals surface area contributed by atoms with Gasteiger partial charge in [0.2, 0.25) is 0 Å². The van der Waals surface area contributed by atoms with Gasteiger partial charge in [0, 0.05) is 31.2 Å². The highest BCUT2D eigenvalue weighted by atomic mass is 32.1. The summed E-state index contributed by atoms with van der Waals surface area (Å²) < 4.78 is 0. The van der Waals surface area contributed by atoms with Gasteiger partial charge in [-0.25, -0.2) is 4.98 Å². The molecule has 1 heterocycles. The fourth-order valence-corrected chi connectivity index (χ4v) is 2.47. The fraction of sp³-hybridized carbons (Fsp3) is 0.308. The first-order valence-electron chi connectivity index (χ1n) is 5.60. The van der Waals surface area contributed by atoms with Crippen LogP contribution in [0.2, 0.25) is 0 Å². The van der Waals surface area contributed by atoms with Crippen molar-refractivity contribution in [1.82, 2.24) is 4.98 Å². The van der Waals surface area contributed by atoms with Gasteiger partial charge >= 0.3 is 0 Å². The molecule has 0 atom stereocenters. The van der Waals surface area contributed by atoms with Gasteiger partial charge < -0.3 is 10.6 Å². The fourth-order valence-electron chi connectivity index (χ4n) is 1.72. The summed E-state index contributed by atoms with van der Waals surface area (Å²) in [5, 5.41) is 1.02. The number of thiazole rings is 1. The van der Waals surface area contributed by atoms with E-state index in [0.717, 1.165) is 16.6 Å². The first kappa shape index (κ1) is 12.1. The van der Waals surface area contributed by atoms with Gasteiger partial charge in [-0.3, -0.25) is 0 Å². The van der Waals surface area contributed by atoms with Crippen LogP contribution in [0.1, 0.15) is 16.0 Å². The van der Waals surface area contributed by atoms with Gasteiger partial charge in [-0.1, -0.05) is 29.8 Å². The molecule has 0 radical (unpaired) electrons. The van der Waals surface area contributed by atoms with E-state index in [4.69, 9.17) is 5.73 Å². The summed E-state index contributed by atoms with van der Waals surface area (Å²) in [5.74, 6) is 0. The molecule has 4 heteroatoms. The first-order valence-corrected chi connectivity index (χ1v) is 6.42. The normalized spacial score (nSPS) is 10.5. The van der Waals surface area contributed by atoms with Gasteiger partial charge in [0.1, 0.15) is 0 Å². The van der Waals surface area contributed by atoms with E-state index in [1.807, 2.05) is 6.20 Å². The molecule has 1 aromatic heterocycles. The quantitative estimate of drug-likeness (QED) is 0.903. The number of aryl methyl sites for hydroxylation is 1. The molecule has 1 aromatic carbocycles. The van der Waals surface area contributed by atoms with Crippen LogP contribution in [0, 0.1) is 6.92 Å². The molecule has 0 unspecified atom stereocenters. The second kappa shape index (κ2) is 5.29. The molecule has 3 nitrogen and oxygen atoms in total. The number of aromatic nitrogens is 1. The zero-order valence-electron chi connectivity index (χ0n) is 10.2. The standard InChI is InChI=1S/C13H17N3S/c1-10-4-3-5-11(6-10)9-16(2)13-15-8-12(7-14)17-13/h3-6,8H,7,9,14H2,1-2H3. The van der Waals surface area contributed by atoms with Gasteiger partial charge in [-0.05, 0) is 12.5 Å². The van der Waals surface area contributed by atoms with Crippen molar-refractivity contribution in [1.29, 1.82) is 0 Å². The van der Waals surface area contributed by atoms with Crippen molar-refractivity contribution in [3.8, 4) is 0 Å². The van der Waals surface area contributed by atoms with E-state index in [0.29, 0.717) is 6.54 Å². The van der Waals surface area contributed by atoms with Crippen LogP contribution in [0.3, 0.4) is 0 Å². The third-order valence-electron chi connectivity index (χ3n) is 2.57. The highest BCUT2D eigenvalue weighted by Crippen LogP contribution is 2.22. The third kappa shape index (κ3) is 3.05. The van der Waals surface area contributed by atoms with Gasteiger partial charge in [-0.2, -0.15) is 0 Å². The molecule has 0 fully saturated rings. The van der Waals surface area contributed by atoms with E-state index in [2.05, 4.69) is 48.1 Å². The van der Waals surface area contributed by atoms with Crippen LogP contribution in [0.4, 0.5) is 5.13 Å². The Labute approximate surface area is 106 Å². The smallest absolute Gasteiger partial charge is 0.185 e. The Hall–Kier alpha value is -1.39. The van der Waals surface area contributed by atoms with Crippen molar-refractivity contribution >= 4 is 16.5 Å². The van der Waals surface area contributed by atoms with Crippen molar-refractivity contribution in [2.75, 3.05) is 11.9 Å². The molecule has 0 saturated carbocycles. The molecule has 2 rings (SSSR count). The third-order valence-corrected chi connectivity index (χ3v) is 3.71. The number of hydrogen-bond acceptors (Lipinski definition) is 4. The predicted molar refractivity (Wildman–Crippen MR) is 73.3 cm³/mol. The number of rotatable bonds is 4. The lowest BCUT2D eigenvalue weighted by Gasteiger charge is -2.15. The van der Waals surface area contributed by atoms with Crippen molar-refractivity contribution < 1.29 is 0 Å². The minimum absolute atomic E-state index is 0.565. The van der Waals surface area contributed by atoms with E-state index < -0.39 is 0 Å². The van der Waals surface area contributed by atoms with Gasteiger partial charge in [0.25, 0.3) is 0 Å². The monoisotopic (exact) mass is 247 g/mol. The molecule has 2 N–H and O–H groups in total. The summed E-state index contributed by atoms with van der Waals surface area (Å²) in [7, 11) is 2.06. The lowest BCUT2D eigenvalue weighted by atomic mass is 10.1. The lowest BCUT2D eigenvalue weighted by molar-refractivity contribution is 0.913. The highest BCUT2D eigenvalue weighted by Gasteiger charge is 2.06. The van der Waals surface area contributed by atoms with E-state index >= 15 is 0 Å². The minimum atomic E-state index is 0.565. The topological polar surface area (TPSA) is 42.2 Å². The van der Waals surface area contributed by atoms with E-state index in [-0.39, 0.29) is 0 Å². The molecular formula is C13H17N3S. The average molecular weight is 247 g/mol. The molecule has 0 aliphatic rings. The van der Waals surface area contributed by atoms with Crippen LogP contribution in [0.15, 0.2) is 30.5 Å². The Bertz CT molecular complexity index is 493.